The molecule has 0 saturated carbocycles. The van der Waals surface area contributed by atoms with E-state index in [0.717, 1.165) is 27.5 Å². The largest absolute Gasteiger partial charge is 0.455 e. The van der Waals surface area contributed by atoms with Crippen molar-refractivity contribution in [1.29, 1.82) is 0 Å². The van der Waals surface area contributed by atoms with Crippen molar-refractivity contribution in [1.82, 2.24) is 4.98 Å². The third-order valence-corrected chi connectivity index (χ3v) is 3.63. The van der Waals surface area contributed by atoms with Gasteiger partial charge in [0.15, 0.2) is 0 Å². The number of rotatable bonds is 1. The Morgan fingerprint density at radius 2 is 1.85 bits per heavy atom. The quantitative estimate of drug-likeness (QED) is 0.483. The Labute approximate surface area is 116 Å². The molecule has 0 bridgehead atoms. The lowest BCUT2D eigenvalue weighted by atomic mass is 10.0. The molecule has 0 saturated heterocycles. The molecule has 0 N–H and O–H groups in total. The van der Waals surface area contributed by atoms with Crippen molar-refractivity contribution in [3.8, 4) is 11.1 Å². The van der Waals surface area contributed by atoms with Gasteiger partial charge in [-0.3, -0.25) is 4.98 Å². The van der Waals surface area contributed by atoms with Gasteiger partial charge in [-0.05, 0) is 18.6 Å². The predicted molar refractivity (Wildman–Crippen MR) is 81.7 cm³/mol. The van der Waals surface area contributed by atoms with Crippen LogP contribution in [-0.2, 0) is 0 Å². The van der Waals surface area contributed by atoms with Gasteiger partial charge in [0, 0.05) is 28.7 Å². The molecule has 0 spiro atoms. The standard InChI is InChI=1S/C18H13NO/c1-12-4-2-5-13(10-12)14-6-3-7-15-16-11-19-9-8-17(16)20-18(14)15/h2-11H,1H3. The van der Waals surface area contributed by atoms with Crippen molar-refractivity contribution in [3.63, 3.8) is 0 Å². The zero-order chi connectivity index (χ0) is 13.5. The minimum atomic E-state index is 0.884. The molecule has 2 aromatic heterocycles. The van der Waals surface area contributed by atoms with E-state index in [1.165, 1.54) is 11.1 Å². The Morgan fingerprint density at radius 3 is 2.75 bits per heavy atom. The minimum Gasteiger partial charge on any atom is -0.455 e. The number of aryl methyl sites for hydroxylation is 1. The lowest BCUT2D eigenvalue weighted by Gasteiger charge is -2.03. The Bertz CT molecular complexity index is 921. The first-order chi connectivity index (χ1) is 9.83. The van der Waals surface area contributed by atoms with Gasteiger partial charge in [-0.1, -0.05) is 48.0 Å². The summed E-state index contributed by atoms with van der Waals surface area (Å²) in [6.45, 7) is 2.10. The van der Waals surface area contributed by atoms with Crippen LogP contribution in [0.25, 0.3) is 33.1 Å². The van der Waals surface area contributed by atoms with Gasteiger partial charge in [-0.25, -0.2) is 0 Å². The topological polar surface area (TPSA) is 26.0 Å². The average molecular weight is 259 g/mol. The molecule has 0 fully saturated rings. The van der Waals surface area contributed by atoms with Gasteiger partial charge in [-0.15, -0.1) is 0 Å². The average Bonchev–Trinajstić information content (AvgIpc) is 2.86. The fourth-order valence-corrected chi connectivity index (χ4v) is 2.68. The molecule has 2 nitrogen and oxygen atoms in total. The lowest BCUT2D eigenvalue weighted by Crippen LogP contribution is -1.80. The molecule has 96 valence electrons. The highest BCUT2D eigenvalue weighted by Gasteiger charge is 2.11. The second kappa shape index (κ2) is 4.20. The molecule has 2 heteroatoms. The summed E-state index contributed by atoms with van der Waals surface area (Å²) in [6, 6.07) is 16.7. The summed E-state index contributed by atoms with van der Waals surface area (Å²) < 4.78 is 6.04. The summed E-state index contributed by atoms with van der Waals surface area (Å²) in [4.78, 5) is 4.19. The molecule has 4 rings (SSSR count). The van der Waals surface area contributed by atoms with Crippen LogP contribution >= 0.6 is 0 Å². The maximum atomic E-state index is 6.04. The number of furan rings is 1. The molecule has 20 heavy (non-hydrogen) atoms. The van der Waals surface area contributed by atoms with Crippen LogP contribution < -0.4 is 0 Å². The van der Waals surface area contributed by atoms with E-state index in [0.29, 0.717) is 0 Å². The number of aromatic nitrogens is 1. The zero-order valence-corrected chi connectivity index (χ0v) is 11.1. The molecule has 0 radical (unpaired) electrons. The van der Waals surface area contributed by atoms with Gasteiger partial charge in [0.1, 0.15) is 11.2 Å². The van der Waals surface area contributed by atoms with Crippen molar-refractivity contribution in [2.75, 3.05) is 0 Å². The molecule has 0 amide bonds. The number of fused-ring (bicyclic) bond motifs is 3. The Kier molecular flexibility index (Phi) is 2.36. The summed E-state index contributed by atoms with van der Waals surface area (Å²) in [5, 5.41) is 2.18. The predicted octanol–water partition coefficient (Wildman–Crippen LogP) is 4.96. The van der Waals surface area contributed by atoms with Crippen LogP contribution in [0.5, 0.6) is 0 Å². The summed E-state index contributed by atoms with van der Waals surface area (Å²) in [7, 11) is 0. The normalized spacial score (nSPS) is 11.2. The number of pyridine rings is 1. The fraction of sp³-hybridized carbons (Fsp3) is 0.0556. The van der Waals surface area contributed by atoms with Gasteiger partial charge in [0.2, 0.25) is 0 Å². The van der Waals surface area contributed by atoms with E-state index in [-0.39, 0.29) is 0 Å². The van der Waals surface area contributed by atoms with E-state index in [9.17, 15) is 0 Å². The molecule has 2 aromatic carbocycles. The molecule has 0 atom stereocenters. The van der Waals surface area contributed by atoms with Crippen LogP contribution in [0.2, 0.25) is 0 Å². The van der Waals surface area contributed by atoms with Crippen molar-refractivity contribution in [3.05, 3.63) is 66.5 Å². The van der Waals surface area contributed by atoms with E-state index in [1.807, 2.05) is 12.3 Å². The van der Waals surface area contributed by atoms with Gasteiger partial charge in [0.05, 0.1) is 0 Å². The number of benzene rings is 2. The maximum Gasteiger partial charge on any atom is 0.143 e. The zero-order valence-electron chi connectivity index (χ0n) is 11.1. The first-order valence-corrected chi connectivity index (χ1v) is 6.65. The first kappa shape index (κ1) is 11.2. The van der Waals surface area contributed by atoms with E-state index >= 15 is 0 Å². The molecule has 2 heterocycles. The lowest BCUT2D eigenvalue weighted by molar-refractivity contribution is 0.669. The summed E-state index contributed by atoms with van der Waals surface area (Å²) in [6.07, 6.45) is 3.62. The van der Waals surface area contributed by atoms with Gasteiger partial charge in [-0.2, -0.15) is 0 Å². The van der Waals surface area contributed by atoms with E-state index in [4.69, 9.17) is 4.42 Å². The van der Waals surface area contributed by atoms with Crippen LogP contribution in [0, 0.1) is 6.92 Å². The van der Waals surface area contributed by atoms with Crippen molar-refractivity contribution in [2.24, 2.45) is 0 Å². The molecular weight excluding hydrogens is 246 g/mol. The Balaban J connectivity index is 2.10. The van der Waals surface area contributed by atoms with Gasteiger partial charge < -0.3 is 4.42 Å². The highest BCUT2D eigenvalue weighted by molar-refractivity contribution is 6.09. The Morgan fingerprint density at radius 1 is 0.950 bits per heavy atom. The minimum absolute atomic E-state index is 0.884. The third-order valence-electron chi connectivity index (χ3n) is 3.63. The van der Waals surface area contributed by atoms with E-state index in [1.54, 1.807) is 6.20 Å². The highest BCUT2D eigenvalue weighted by Crippen LogP contribution is 2.35. The molecule has 0 unspecified atom stereocenters. The smallest absolute Gasteiger partial charge is 0.143 e. The van der Waals surface area contributed by atoms with Crippen molar-refractivity contribution in [2.45, 2.75) is 6.92 Å². The maximum absolute atomic E-state index is 6.04. The number of para-hydroxylation sites is 1. The van der Waals surface area contributed by atoms with Crippen LogP contribution in [0.15, 0.2) is 65.3 Å². The van der Waals surface area contributed by atoms with Crippen LogP contribution in [-0.4, -0.2) is 4.98 Å². The number of hydrogen-bond donors (Lipinski definition) is 0. The Hall–Kier alpha value is -2.61. The summed E-state index contributed by atoms with van der Waals surface area (Å²) in [5.41, 5.74) is 5.37. The monoisotopic (exact) mass is 259 g/mol. The van der Waals surface area contributed by atoms with Crippen molar-refractivity contribution >= 4 is 21.9 Å². The summed E-state index contributed by atoms with van der Waals surface area (Å²) >= 11 is 0. The molecule has 0 aliphatic rings. The molecule has 0 aliphatic carbocycles. The highest BCUT2D eigenvalue weighted by atomic mass is 16.3. The fourth-order valence-electron chi connectivity index (χ4n) is 2.68. The van der Waals surface area contributed by atoms with Gasteiger partial charge >= 0.3 is 0 Å². The van der Waals surface area contributed by atoms with Crippen LogP contribution in [0.1, 0.15) is 5.56 Å². The van der Waals surface area contributed by atoms with E-state index in [2.05, 4.69) is 54.4 Å². The van der Waals surface area contributed by atoms with Crippen LogP contribution in [0.3, 0.4) is 0 Å². The van der Waals surface area contributed by atoms with Crippen molar-refractivity contribution < 1.29 is 4.42 Å². The second-order valence-electron chi connectivity index (χ2n) is 5.03. The van der Waals surface area contributed by atoms with Gasteiger partial charge in [0.25, 0.3) is 0 Å². The first-order valence-electron chi connectivity index (χ1n) is 6.65. The molecular formula is C18H13NO. The summed E-state index contributed by atoms with van der Waals surface area (Å²) in [5.74, 6) is 0. The molecule has 0 aliphatic heterocycles. The third kappa shape index (κ3) is 1.62. The second-order valence-corrected chi connectivity index (χ2v) is 5.03. The molecule has 4 aromatic rings. The SMILES string of the molecule is Cc1cccc(-c2cccc3c2oc2ccncc23)c1. The van der Waals surface area contributed by atoms with E-state index < -0.39 is 0 Å². The number of nitrogens with zero attached hydrogens (tertiary/aromatic N) is 1. The van der Waals surface area contributed by atoms with Crippen LogP contribution in [0.4, 0.5) is 0 Å². The number of hydrogen-bond acceptors (Lipinski definition) is 2.